The lowest BCUT2D eigenvalue weighted by Crippen LogP contribution is -2.26. The number of nitriles is 2. The zero-order chi connectivity index (χ0) is 10.8. The molecule has 0 saturated heterocycles. The minimum Gasteiger partial charge on any atom is -0.192 e. The Labute approximate surface area is 85.8 Å². The molecule has 0 aromatic rings. The Hall–Kier alpha value is -1.28. The molecule has 0 N–H and O–H groups in total. The van der Waals surface area contributed by atoms with Crippen molar-refractivity contribution in [2.45, 2.75) is 40.0 Å². The van der Waals surface area contributed by atoms with Gasteiger partial charge in [0, 0.05) is 0 Å². The summed E-state index contributed by atoms with van der Waals surface area (Å²) in [5.74, 6) is 0.382. The molecule has 0 bridgehead atoms. The van der Waals surface area contributed by atoms with Crippen LogP contribution in [0.5, 0.6) is 0 Å². The normalized spacial score (nSPS) is 24.9. The largest absolute Gasteiger partial charge is 0.192 e. The lowest BCUT2D eigenvalue weighted by atomic mass is 9.67. The summed E-state index contributed by atoms with van der Waals surface area (Å²) in [6.07, 6.45) is 3.38. The molecule has 0 aromatic heterocycles. The van der Waals surface area contributed by atoms with Gasteiger partial charge in [-0.15, -0.1) is 0 Å². The van der Waals surface area contributed by atoms with Crippen molar-refractivity contribution < 1.29 is 0 Å². The number of allylic oxidation sites excluding steroid dienone is 2. The highest BCUT2D eigenvalue weighted by atomic mass is 14.4. The third-order valence-electron chi connectivity index (χ3n) is 3.15. The molecule has 1 saturated carbocycles. The SMILES string of the molecule is CC1CCCC(C)(C)C1=C(C#N)C#N. The Bertz CT molecular complexity index is 320. The standard InChI is InChI=1S/C12H16N2/c1-9-5-4-6-12(2,3)11(9)10(7-13)8-14/h9H,4-6H2,1-3H3. The Balaban J connectivity index is 3.23. The molecule has 1 unspecified atom stereocenters. The molecule has 0 heterocycles. The van der Waals surface area contributed by atoms with Gasteiger partial charge in [0.15, 0.2) is 0 Å². The molecule has 1 aliphatic carbocycles. The summed E-state index contributed by atoms with van der Waals surface area (Å²) < 4.78 is 0. The fraction of sp³-hybridized carbons (Fsp3) is 0.667. The molecule has 1 fully saturated rings. The van der Waals surface area contributed by atoms with Gasteiger partial charge in [0.2, 0.25) is 0 Å². The van der Waals surface area contributed by atoms with E-state index >= 15 is 0 Å². The van der Waals surface area contributed by atoms with Crippen molar-refractivity contribution in [3.05, 3.63) is 11.1 Å². The molecule has 2 nitrogen and oxygen atoms in total. The van der Waals surface area contributed by atoms with E-state index in [4.69, 9.17) is 10.5 Å². The summed E-state index contributed by atoms with van der Waals surface area (Å²) in [5, 5.41) is 17.8. The van der Waals surface area contributed by atoms with E-state index in [1.54, 1.807) is 0 Å². The van der Waals surface area contributed by atoms with Gasteiger partial charge < -0.3 is 0 Å². The van der Waals surface area contributed by atoms with Crippen molar-refractivity contribution in [1.29, 1.82) is 10.5 Å². The van der Waals surface area contributed by atoms with Crippen molar-refractivity contribution in [2.24, 2.45) is 11.3 Å². The van der Waals surface area contributed by atoms with Crippen LogP contribution in [0.15, 0.2) is 11.1 Å². The average Bonchev–Trinajstić information content (AvgIpc) is 2.11. The molecule has 2 heteroatoms. The Kier molecular flexibility index (Phi) is 2.96. The van der Waals surface area contributed by atoms with Crippen LogP contribution < -0.4 is 0 Å². The smallest absolute Gasteiger partial charge is 0.129 e. The van der Waals surface area contributed by atoms with Gasteiger partial charge in [0.05, 0.1) is 0 Å². The van der Waals surface area contributed by atoms with Crippen LogP contribution in [0.4, 0.5) is 0 Å². The van der Waals surface area contributed by atoms with Crippen LogP contribution >= 0.6 is 0 Å². The van der Waals surface area contributed by atoms with Gasteiger partial charge in [-0.2, -0.15) is 10.5 Å². The predicted octanol–water partition coefficient (Wildman–Crippen LogP) is 3.18. The van der Waals surface area contributed by atoms with Crippen LogP contribution in [-0.4, -0.2) is 0 Å². The van der Waals surface area contributed by atoms with E-state index in [2.05, 4.69) is 20.8 Å². The van der Waals surface area contributed by atoms with E-state index in [1.165, 1.54) is 6.42 Å². The quantitative estimate of drug-likeness (QED) is 0.548. The Morgan fingerprint density at radius 3 is 2.36 bits per heavy atom. The summed E-state index contributed by atoms with van der Waals surface area (Å²) in [7, 11) is 0. The first-order chi connectivity index (χ1) is 6.53. The second kappa shape index (κ2) is 3.84. The Morgan fingerprint density at radius 1 is 1.36 bits per heavy atom. The second-order valence-electron chi connectivity index (χ2n) is 4.69. The molecule has 0 amide bonds. The van der Waals surface area contributed by atoms with Crippen LogP contribution in [0.2, 0.25) is 0 Å². The molecule has 0 aromatic carbocycles. The number of hydrogen-bond acceptors (Lipinski definition) is 2. The van der Waals surface area contributed by atoms with E-state index in [9.17, 15) is 0 Å². The number of hydrogen-bond donors (Lipinski definition) is 0. The maximum atomic E-state index is 8.90. The van der Waals surface area contributed by atoms with Gasteiger partial charge in [-0.3, -0.25) is 0 Å². The summed E-state index contributed by atoms with van der Waals surface area (Å²) in [6, 6.07) is 4.05. The minimum atomic E-state index is 0.0263. The highest BCUT2D eigenvalue weighted by molar-refractivity contribution is 5.43. The third kappa shape index (κ3) is 1.80. The molecule has 0 aliphatic heterocycles. The van der Waals surface area contributed by atoms with Crippen LogP contribution in [-0.2, 0) is 0 Å². The zero-order valence-electron chi connectivity index (χ0n) is 9.09. The fourth-order valence-corrected chi connectivity index (χ4v) is 2.53. The first-order valence-electron chi connectivity index (χ1n) is 5.08. The monoisotopic (exact) mass is 188 g/mol. The lowest BCUT2D eigenvalue weighted by molar-refractivity contribution is 0.288. The molecule has 0 radical (unpaired) electrons. The van der Waals surface area contributed by atoms with Crippen molar-refractivity contribution >= 4 is 0 Å². The van der Waals surface area contributed by atoms with Crippen LogP contribution in [0.3, 0.4) is 0 Å². The summed E-state index contributed by atoms with van der Waals surface area (Å²) in [4.78, 5) is 0. The highest BCUT2D eigenvalue weighted by Gasteiger charge is 2.33. The summed E-state index contributed by atoms with van der Waals surface area (Å²) >= 11 is 0. The van der Waals surface area contributed by atoms with E-state index in [-0.39, 0.29) is 5.41 Å². The van der Waals surface area contributed by atoms with Crippen molar-refractivity contribution in [3.63, 3.8) is 0 Å². The molecule has 14 heavy (non-hydrogen) atoms. The lowest BCUT2D eigenvalue weighted by Gasteiger charge is -2.37. The van der Waals surface area contributed by atoms with Crippen molar-refractivity contribution in [1.82, 2.24) is 0 Å². The maximum absolute atomic E-state index is 8.90. The first kappa shape index (κ1) is 10.8. The average molecular weight is 188 g/mol. The van der Waals surface area contributed by atoms with Gasteiger partial charge in [-0.25, -0.2) is 0 Å². The first-order valence-corrected chi connectivity index (χ1v) is 5.08. The molecule has 0 spiro atoms. The van der Waals surface area contributed by atoms with Crippen LogP contribution in [0, 0.1) is 34.0 Å². The van der Waals surface area contributed by atoms with E-state index in [0.29, 0.717) is 11.5 Å². The molecule has 74 valence electrons. The highest BCUT2D eigenvalue weighted by Crippen LogP contribution is 2.44. The topological polar surface area (TPSA) is 47.6 Å². The molecular formula is C12H16N2. The van der Waals surface area contributed by atoms with Gasteiger partial charge in [-0.05, 0) is 29.7 Å². The minimum absolute atomic E-state index is 0.0263. The predicted molar refractivity (Wildman–Crippen MR) is 55.0 cm³/mol. The van der Waals surface area contributed by atoms with Crippen molar-refractivity contribution in [2.75, 3.05) is 0 Å². The van der Waals surface area contributed by atoms with Gasteiger partial charge >= 0.3 is 0 Å². The van der Waals surface area contributed by atoms with E-state index in [0.717, 1.165) is 18.4 Å². The van der Waals surface area contributed by atoms with Gasteiger partial charge in [0.1, 0.15) is 17.7 Å². The zero-order valence-corrected chi connectivity index (χ0v) is 9.09. The van der Waals surface area contributed by atoms with E-state index in [1.807, 2.05) is 12.1 Å². The maximum Gasteiger partial charge on any atom is 0.129 e. The molecular weight excluding hydrogens is 172 g/mol. The van der Waals surface area contributed by atoms with Gasteiger partial charge in [-0.1, -0.05) is 27.2 Å². The summed E-state index contributed by atoms with van der Waals surface area (Å²) in [5.41, 5.74) is 1.43. The van der Waals surface area contributed by atoms with Gasteiger partial charge in [0.25, 0.3) is 0 Å². The molecule has 1 atom stereocenters. The number of nitrogens with zero attached hydrogens (tertiary/aromatic N) is 2. The van der Waals surface area contributed by atoms with Crippen LogP contribution in [0.25, 0.3) is 0 Å². The summed E-state index contributed by atoms with van der Waals surface area (Å²) in [6.45, 7) is 6.38. The molecule has 1 aliphatic rings. The second-order valence-corrected chi connectivity index (χ2v) is 4.69. The fourth-order valence-electron chi connectivity index (χ4n) is 2.53. The third-order valence-corrected chi connectivity index (χ3v) is 3.15. The van der Waals surface area contributed by atoms with Crippen molar-refractivity contribution in [3.8, 4) is 12.1 Å². The Morgan fingerprint density at radius 2 is 1.93 bits per heavy atom. The van der Waals surface area contributed by atoms with Crippen LogP contribution in [0.1, 0.15) is 40.0 Å². The van der Waals surface area contributed by atoms with E-state index < -0.39 is 0 Å². The molecule has 1 rings (SSSR count). The number of rotatable bonds is 0.